The Bertz CT molecular complexity index is 1110. The number of hydrogen-bond donors (Lipinski definition) is 1. The molecule has 0 spiro atoms. The van der Waals surface area contributed by atoms with Gasteiger partial charge in [0.2, 0.25) is 0 Å². The van der Waals surface area contributed by atoms with Crippen molar-refractivity contribution in [2.45, 2.75) is 0 Å². The second kappa shape index (κ2) is 5.60. The summed E-state index contributed by atoms with van der Waals surface area (Å²) in [5.41, 5.74) is 4.37. The molecule has 0 fully saturated rings. The second-order valence-electron chi connectivity index (χ2n) is 5.95. The molecule has 0 unspecified atom stereocenters. The van der Waals surface area contributed by atoms with E-state index < -0.39 is 0 Å². The molecule has 3 heterocycles. The molecule has 6 heteroatoms. The van der Waals surface area contributed by atoms with Crippen molar-refractivity contribution in [3.05, 3.63) is 54.2 Å². The van der Waals surface area contributed by atoms with Crippen molar-refractivity contribution >= 4 is 32.3 Å². The zero-order valence-electron chi connectivity index (χ0n) is 13.7. The molecule has 0 atom stereocenters. The lowest BCUT2D eigenvalue weighted by molar-refractivity contribution is 0.415. The first-order valence-corrected chi connectivity index (χ1v) is 8.98. The zero-order valence-corrected chi connectivity index (χ0v) is 14.5. The topological polar surface area (TPSA) is 50.9 Å². The molecule has 4 aromatic rings. The summed E-state index contributed by atoms with van der Waals surface area (Å²) in [4.78, 5) is 10.2. The quantitative estimate of drug-likeness (QED) is 0.616. The summed E-state index contributed by atoms with van der Waals surface area (Å²) < 4.78 is 8.62. The second-order valence-corrected chi connectivity index (χ2v) is 6.96. The van der Waals surface area contributed by atoms with Gasteiger partial charge in [-0.3, -0.25) is 9.39 Å². The normalized spacial score (nSPS) is 14.0. The van der Waals surface area contributed by atoms with E-state index in [2.05, 4.69) is 57.3 Å². The van der Waals surface area contributed by atoms with Crippen molar-refractivity contribution in [1.29, 1.82) is 0 Å². The van der Waals surface area contributed by atoms with Crippen LogP contribution in [0.5, 0.6) is 5.75 Å². The number of aromatic nitrogens is 2. The van der Waals surface area contributed by atoms with Crippen LogP contribution in [0.1, 0.15) is 5.56 Å². The summed E-state index contributed by atoms with van der Waals surface area (Å²) in [5, 5.41) is 3.30. The van der Waals surface area contributed by atoms with E-state index in [1.54, 1.807) is 18.4 Å². The average molecular weight is 348 g/mol. The van der Waals surface area contributed by atoms with E-state index in [9.17, 15) is 0 Å². The number of thiazole rings is 1. The first kappa shape index (κ1) is 14.5. The van der Waals surface area contributed by atoms with Crippen LogP contribution in [-0.4, -0.2) is 35.4 Å². The highest BCUT2D eigenvalue weighted by Gasteiger charge is 2.12. The van der Waals surface area contributed by atoms with Gasteiger partial charge < -0.3 is 10.1 Å². The largest absolute Gasteiger partial charge is 0.497 e. The van der Waals surface area contributed by atoms with Gasteiger partial charge in [-0.15, -0.1) is 0 Å². The van der Waals surface area contributed by atoms with Gasteiger partial charge in [-0.2, -0.15) is 0 Å². The van der Waals surface area contributed by atoms with Crippen LogP contribution in [0.25, 0.3) is 26.4 Å². The van der Waals surface area contributed by atoms with Crippen LogP contribution in [0.15, 0.2) is 53.7 Å². The third-order valence-corrected chi connectivity index (χ3v) is 5.45. The van der Waals surface area contributed by atoms with Gasteiger partial charge in [0.15, 0.2) is 4.96 Å². The minimum absolute atomic E-state index is 0.853. The van der Waals surface area contributed by atoms with Crippen LogP contribution in [-0.2, 0) is 0 Å². The maximum Gasteiger partial charge on any atom is 0.195 e. The van der Waals surface area contributed by atoms with E-state index in [-0.39, 0.29) is 0 Å². The molecule has 0 radical (unpaired) electrons. The van der Waals surface area contributed by atoms with Crippen molar-refractivity contribution in [2.75, 3.05) is 20.2 Å². The summed E-state index contributed by atoms with van der Waals surface area (Å²) in [7, 11) is 1.69. The Hall–Kier alpha value is -2.86. The smallest absolute Gasteiger partial charge is 0.195 e. The first-order valence-electron chi connectivity index (χ1n) is 8.16. The van der Waals surface area contributed by atoms with Crippen LogP contribution < -0.4 is 10.1 Å². The Morgan fingerprint density at radius 2 is 1.96 bits per heavy atom. The lowest BCUT2D eigenvalue weighted by Crippen LogP contribution is -2.19. The van der Waals surface area contributed by atoms with E-state index in [1.807, 2.05) is 6.07 Å². The average Bonchev–Trinajstić information content (AvgIpc) is 3.37. The fraction of sp³-hybridized carbons (Fsp3) is 0.158. The van der Waals surface area contributed by atoms with Gasteiger partial charge in [-0.05, 0) is 18.2 Å². The van der Waals surface area contributed by atoms with Crippen LogP contribution >= 0.6 is 11.3 Å². The molecule has 25 heavy (non-hydrogen) atoms. The fourth-order valence-corrected chi connectivity index (χ4v) is 4.17. The SMILES string of the molecule is COc1ccc2c(c1)sc1nc(-c3ccc(C4=NCCN4)cc3)cn12. The highest BCUT2D eigenvalue weighted by atomic mass is 32.1. The van der Waals surface area contributed by atoms with E-state index >= 15 is 0 Å². The number of aliphatic imine (C=N–C) groups is 1. The number of nitrogens with zero attached hydrogens (tertiary/aromatic N) is 3. The lowest BCUT2D eigenvalue weighted by atomic mass is 10.1. The Morgan fingerprint density at radius 3 is 2.72 bits per heavy atom. The van der Waals surface area contributed by atoms with Gasteiger partial charge in [-0.25, -0.2) is 4.98 Å². The van der Waals surface area contributed by atoms with Crippen molar-refractivity contribution in [1.82, 2.24) is 14.7 Å². The van der Waals surface area contributed by atoms with Crippen molar-refractivity contribution in [3.8, 4) is 17.0 Å². The molecule has 0 amide bonds. The van der Waals surface area contributed by atoms with Gasteiger partial charge >= 0.3 is 0 Å². The zero-order chi connectivity index (χ0) is 16.8. The van der Waals surface area contributed by atoms with Crippen LogP contribution in [0.3, 0.4) is 0 Å². The molecule has 0 aliphatic carbocycles. The Labute approximate surface area is 148 Å². The van der Waals surface area contributed by atoms with E-state index in [0.717, 1.165) is 52.0 Å². The molecule has 1 aliphatic rings. The van der Waals surface area contributed by atoms with Crippen molar-refractivity contribution < 1.29 is 4.74 Å². The maximum atomic E-state index is 5.30. The number of nitrogens with one attached hydrogen (secondary N) is 1. The number of benzene rings is 2. The molecular formula is C19H16N4OS. The minimum atomic E-state index is 0.853. The summed E-state index contributed by atoms with van der Waals surface area (Å²) >= 11 is 1.67. The highest BCUT2D eigenvalue weighted by molar-refractivity contribution is 7.23. The van der Waals surface area contributed by atoms with Crippen LogP contribution in [0, 0.1) is 0 Å². The van der Waals surface area contributed by atoms with Crippen LogP contribution in [0.2, 0.25) is 0 Å². The Kier molecular flexibility index (Phi) is 3.24. The molecular weight excluding hydrogens is 332 g/mol. The predicted octanol–water partition coefficient (Wildman–Crippen LogP) is 3.57. The first-order chi connectivity index (χ1) is 12.3. The predicted molar refractivity (Wildman–Crippen MR) is 102 cm³/mol. The minimum Gasteiger partial charge on any atom is -0.497 e. The van der Waals surface area contributed by atoms with Gasteiger partial charge in [0.1, 0.15) is 11.6 Å². The van der Waals surface area contributed by atoms with Crippen LogP contribution in [0.4, 0.5) is 0 Å². The van der Waals surface area contributed by atoms with E-state index in [0.29, 0.717) is 0 Å². The number of imidazole rings is 1. The van der Waals surface area contributed by atoms with Crippen molar-refractivity contribution in [3.63, 3.8) is 0 Å². The molecule has 124 valence electrons. The van der Waals surface area contributed by atoms with Gasteiger partial charge in [0, 0.05) is 23.9 Å². The summed E-state index contributed by atoms with van der Waals surface area (Å²) in [6.07, 6.45) is 2.10. The molecule has 0 saturated heterocycles. The molecule has 2 aromatic carbocycles. The fourth-order valence-electron chi connectivity index (χ4n) is 3.14. The monoisotopic (exact) mass is 348 g/mol. The third kappa shape index (κ3) is 2.37. The van der Waals surface area contributed by atoms with E-state index in [1.165, 1.54) is 4.70 Å². The maximum absolute atomic E-state index is 5.30. The summed E-state index contributed by atoms with van der Waals surface area (Å²) in [6.45, 7) is 1.78. The Balaban J connectivity index is 1.54. The standard InChI is InChI=1S/C19H16N4OS/c1-24-14-6-7-16-17(10-14)25-19-22-15(11-23(16)19)12-2-4-13(5-3-12)18-20-8-9-21-18/h2-7,10-11H,8-9H2,1H3,(H,20,21). The molecule has 1 aliphatic heterocycles. The molecule has 5 rings (SSSR count). The summed E-state index contributed by atoms with van der Waals surface area (Å²) in [5.74, 6) is 1.86. The van der Waals surface area contributed by atoms with Crippen molar-refractivity contribution in [2.24, 2.45) is 4.99 Å². The number of methoxy groups -OCH3 is 1. The van der Waals surface area contributed by atoms with Gasteiger partial charge in [0.05, 0.1) is 29.6 Å². The molecule has 1 N–H and O–H groups in total. The van der Waals surface area contributed by atoms with E-state index in [4.69, 9.17) is 9.72 Å². The number of ether oxygens (including phenoxy) is 1. The molecule has 5 nitrogen and oxygen atoms in total. The van der Waals surface area contributed by atoms with Gasteiger partial charge in [0.25, 0.3) is 0 Å². The number of hydrogen-bond acceptors (Lipinski definition) is 5. The molecule has 0 saturated carbocycles. The molecule has 2 aromatic heterocycles. The Morgan fingerprint density at radius 1 is 1.12 bits per heavy atom. The highest BCUT2D eigenvalue weighted by Crippen LogP contribution is 2.31. The third-order valence-electron chi connectivity index (χ3n) is 4.43. The number of fused-ring (bicyclic) bond motifs is 3. The summed E-state index contributed by atoms with van der Waals surface area (Å²) in [6, 6.07) is 14.5. The van der Waals surface area contributed by atoms with Gasteiger partial charge in [-0.1, -0.05) is 35.6 Å². The number of amidine groups is 1. The lowest BCUT2D eigenvalue weighted by Gasteiger charge is -2.03. The number of rotatable bonds is 3. The molecule has 0 bridgehead atoms.